The Balaban J connectivity index is 1.68. The number of rotatable bonds is 6. The van der Waals surface area contributed by atoms with Crippen molar-refractivity contribution in [1.29, 1.82) is 0 Å². The fourth-order valence-corrected chi connectivity index (χ4v) is 3.19. The van der Waals surface area contributed by atoms with Crippen molar-refractivity contribution >= 4 is 22.4 Å². The van der Waals surface area contributed by atoms with E-state index in [4.69, 9.17) is 0 Å². The third-order valence-electron chi connectivity index (χ3n) is 3.58. The van der Waals surface area contributed by atoms with Gasteiger partial charge in [-0.3, -0.25) is 4.79 Å². The lowest BCUT2D eigenvalue weighted by atomic mass is 10.1. The molecule has 1 atom stereocenters. The molecule has 7 heteroatoms. The second kappa shape index (κ2) is 7.37. The maximum absolute atomic E-state index is 11.1. The van der Waals surface area contributed by atoms with Gasteiger partial charge in [-0.25, -0.2) is 9.67 Å². The number of para-hydroxylation sites is 1. The van der Waals surface area contributed by atoms with Crippen LogP contribution in [0.3, 0.4) is 0 Å². The molecule has 0 saturated heterocycles. The van der Waals surface area contributed by atoms with Crippen molar-refractivity contribution in [2.75, 3.05) is 5.32 Å². The van der Waals surface area contributed by atoms with Gasteiger partial charge in [0.25, 0.3) is 0 Å². The highest BCUT2D eigenvalue weighted by Crippen LogP contribution is 2.22. The van der Waals surface area contributed by atoms with Gasteiger partial charge in [0.1, 0.15) is 0 Å². The zero-order chi connectivity index (χ0) is 16.9. The van der Waals surface area contributed by atoms with Gasteiger partial charge in [0.15, 0.2) is 5.13 Å². The van der Waals surface area contributed by atoms with Crippen molar-refractivity contribution in [3.05, 3.63) is 59.4 Å². The molecule has 2 heterocycles. The van der Waals surface area contributed by atoms with E-state index in [1.807, 2.05) is 34.5 Å². The summed E-state index contributed by atoms with van der Waals surface area (Å²) in [5.41, 5.74) is 3.13. The molecule has 124 valence electrons. The highest BCUT2D eigenvalue weighted by atomic mass is 32.1. The van der Waals surface area contributed by atoms with E-state index in [-0.39, 0.29) is 11.9 Å². The fourth-order valence-electron chi connectivity index (χ4n) is 2.44. The molecule has 0 spiro atoms. The van der Waals surface area contributed by atoms with Crippen LogP contribution in [0.15, 0.2) is 48.1 Å². The zero-order valence-corrected chi connectivity index (χ0v) is 14.4. The van der Waals surface area contributed by atoms with Gasteiger partial charge < -0.3 is 10.6 Å². The second-order valence-electron chi connectivity index (χ2n) is 5.44. The van der Waals surface area contributed by atoms with E-state index in [9.17, 15) is 4.79 Å². The number of carbonyl (C=O) groups excluding carboxylic acids is 1. The average molecular weight is 341 g/mol. The Morgan fingerprint density at radius 2 is 2.17 bits per heavy atom. The van der Waals surface area contributed by atoms with E-state index in [0.717, 1.165) is 11.4 Å². The first-order chi connectivity index (χ1) is 11.6. The number of hydrogen-bond donors (Lipinski definition) is 2. The first-order valence-electron chi connectivity index (χ1n) is 7.68. The molecule has 2 aromatic heterocycles. The van der Waals surface area contributed by atoms with E-state index in [2.05, 4.69) is 39.8 Å². The van der Waals surface area contributed by atoms with Gasteiger partial charge >= 0.3 is 0 Å². The Labute approximate surface area is 144 Å². The summed E-state index contributed by atoms with van der Waals surface area (Å²) in [4.78, 5) is 15.5. The van der Waals surface area contributed by atoms with Crippen LogP contribution in [0, 0.1) is 0 Å². The van der Waals surface area contributed by atoms with Crippen molar-refractivity contribution in [3.8, 4) is 5.69 Å². The largest absolute Gasteiger partial charge is 0.304 e. The van der Waals surface area contributed by atoms with E-state index < -0.39 is 0 Å². The molecular formula is C17H19N5OS. The van der Waals surface area contributed by atoms with Crippen LogP contribution in [-0.2, 0) is 11.3 Å². The Bertz CT molecular complexity index is 812. The molecule has 0 aliphatic carbocycles. The molecule has 0 saturated carbocycles. The molecule has 0 bridgehead atoms. The first kappa shape index (κ1) is 16.4. The Morgan fingerprint density at radius 1 is 1.33 bits per heavy atom. The first-order valence-corrected chi connectivity index (χ1v) is 8.56. The number of nitrogens with zero attached hydrogens (tertiary/aromatic N) is 3. The van der Waals surface area contributed by atoms with Gasteiger partial charge in [-0.15, -0.1) is 11.3 Å². The quantitative estimate of drug-likeness (QED) is 0.722. The van der Waals surface area contributed by atoms with Crippen LogP contribution < -0.4 is 10.6 Å². The van der Waals surface area contributed by atoms with Crippen molar-refractivity contribution in [2.24, 2.45) is 0 Å². The van der Waals surface area contributed by atoms with Crippen LogP contribution in [0.1, 0.15) is 31.1 Å². The number of anilines is 1. The van der Waals surface area contributed by atoms with Crippen molar-refractivity contribution in [1.82, 2.24) is 20.1 Å². The van der Waals surface area contributed by atoms with E-state index in [1.54, 1.807) is 6.20 Å². The van der Waals surface area contributed by atoms with Crippen LogP contribution in [0.4, 0.5) is 5.13 Å². The number of hydrogen-bond acceptors (Lipinski definition) is 5. The minimum atomic E-state index is -0.106. The van der Waals surface area contributed by atoms with E-state index >= 15 is 0 Å². The molecule has 0 fully saturated rings. The Kier molecular flexibility index (Phi) is 5.02. The summed E-state index contributed by atoms with van der Waals surface area (Å²) in [5.74, 6) is -0.106. The lowest BCUT2D eigenvalue weighted by molar-refractivity contribution is -0.114. The molecule has 1 amide bonds. The lowest BCUT2D eigenvalue weighted by Crippen LogP contribution is -2.20. The maximum atomic E-state index is 11.1. The van der Waals surface area contributed by atoms with E-state index in [0.29, 0.717) is 11.7 Å². The molecule has 0 radical (unpaired) electrons. The van der Waals surface area contributed by atoms with E-state index in [1.165, 1.54) is 23.8 Å². The summed E-state index contributed by atoms with van der Waals surface area (Å²) in [5, 5.41) is 13.1. The average Bonchev–Trinajstić information content (AvgIpc) is 3.24. The van der Waals surface area contributed by atoms with Crippen molar-refractivity contribution < 1.29 is 4.79 Å². The summed E-state index contributed by atoms with van der Waals surface area (Å²) in [6.07, 6.45) is 3.71. The maximum Gasteiger partial charge on any atom is 0.223 e. The third kappa shape index (κ3) is 3.87. The summed E-state index contributed by atoms with van der Waals surface area (Å²) in [6.45, 7) is 4.22. The second-order valence-corrected chi connectivity index (χ2v) is 6.30. The highest BCUT2D eigenvalue weighted by Gasteiger charge is 2.12. The number of nitrogens with one attached hydrogen (secondary N) is 2. The fraction of sp³-hybridized carbons (Fsp3) is 0.235. The lowest BCUT2D eigenvalue weighted by Gasteiger charge is -2.17. The summed E-state index contributed by atoms with van der Waals surface area (Å²) in [7, 11) is 0. The Hall–Kier alpha value is -2.51. The highest BCUT2D eigenvalue weighted by molar-refractivity contribution is 7.13. The Morgan fingerprint density at radius 3 is 2.92 bits per heavy atom. The van der Waals surface area contributed by atoms with Gasteiger partial charge in [-0.2, -0.15) is 5.10 Å². The molecule has 24 heavy (non-hydrogen) atoms. The minimum absolute atomic E-state index is 0.106. The number of aromatic nitrogens is 3. The molecule has 3 rings (SSSR count). The molecule has 1 aromatic carbocycles. The van der Waals surface area contributed by atoms with Crippen LogP contribution in [0.2, 0.25) is 0 Å². The van der Waals surface area contributed by atoms with Gasteiger partial charge in [-0.05, 0) is 24.6 Å². The normalized spacial score (nSPS) is 12.1. The molecule has 3 aromatic rings. The van der Waals surface area contributed by atoms with Gasteiger partial charge in [-0.1, -0.05) is 18.2 Å². The molecular weight excluding hydrogens is 322 g/mol. The topological polar surface area (TPSA) is 71.8 Å². The predicted molar refractivity (Wildman–Crippen MR) is 95.2 cm³/mol. The SMILES string of the molecule is CC(=O)Nc1nc(CN[C@@H](C)c2ccccc2-n2cccn2)cs1. The molecule has 0 aliphatic heterocycles. The smallest absolute Gasteiger partial charge is 0.223 e. The predicted octanol–water partition coefficient (Wildman–Crippen LogP) is 3.14. The number of benzene rings is 1. The number of carbonyl (C=O) groups is 1. The van der Waals surface area contributed by atoms with Gasteiger partial charge in [0.05, 0.1) is 11.4 Å². The standard InChI is InChI=1S/C17H19N5OS/c1-12(18-10-14-11-24-17(21-14)20-13(2)23)15-6-3-4-7-16(15)22-9-5-8-19-22/h3-9,11-12,18H,10H2,1-2H3,(H,20,21,23)/t12-/m0/s1. The molecule has 2 N–H and O–H groups in total. The van der Waals surface area contributed by atoms with Crippen LogP contribution >= 0.6 is 11.3 Å². The van der Waals surface area contributed by atoms with Crippen LogP contribution in [-0.4, -0.2) is 20.7 Å². The minimum Gasteiger partial charge on any atom is -0.304 e. The monoisotopic (exact) mass is 341 g/mol. The summed E-state index contributed by atoms with van der Waals surface area (Å²) < 4.78 is 1.87. The summed E-state index contributed by atoms with van der Waals surface area (Å²) in [6, 6.07) is 10.2. The molecule has 0 unspecified atom stereocenters. The molecule has 0 aliphatic rings. The number of thiazole rings is 1. The van der Waals surface area contributed by atoms with Gasteiger partial charge in [0, 0.05) is 37.3 Å². The van der Waals surface area contributed by atoms with Crippen molar-refractivity contribution in [3.63, 3.8) is 0 Å². The van der Waals surface area contributed by atoms with Crippen LogP contribution in [0.25, 0.3) is 5.69 Å². The van der Waals surface area contributed by atoms with Gasteiger partial charge in [0.2, 0.25) is 5.91 Å². The van der Waals surface area contributed by atoms with Crippen LogP contribution in [0.5, 0.6) is 0 Å². The zero-order valence-electron chi connectivity index (χ0n) is 13.6. The molecule has 6 nitrogen and oxygen atoms in total. The summed E-state index contributed by atoms with van der Waals surface area (Å²) >= 11 is 1.43. The number of amides is 1. The third-order valence-corrected chi connectivity index (χ3v) is 4.39. The van der Waals surface area contributed by atoms with Crippen molar-refractivity contribution in [2.45, 2.75) is 26.4 Å².